The fraction of sp³-hybridized carbons (Fsp3) is 0.436. The molecule has 4 aromatic rings. The molecule has 3 atom stereocenters. The molecule has 4 aliphatic carbocycles. The number of urea groups is 1. The van der Waals surface area contributed by atoms with Crippen LogP contribution in [0.2, 0.25) is 10.3 Å². The molecular formula is C39H42Cl2N4O4. The van der Waals surface area contributed by atoms with Gasteiger partial charge in [0.05, 0.1) is 31.7 Å². The van der Waals surface area contributed by atoms with Crippen LogP contribution >= 0.6 is 23.2 Å². The van der Waals surface area contributed by atoms with Crippen molar-refractivity contribution in [2.24, 2.45) is 17.8 Å². The first-order valence-electron chi connectivity index (χ1n) is 17.4. The Labute approximate surface area is 297 Å². The summed E-state index contributed by atoms with van der Waals surface area (Å²) < 4.78 is 14.8. The van der Waals surface area contributed by atoms with Gasteiger partial charge in [0.25, 0.3) is 0 Å². The van der Waals surface area contributed by atoms with Crippen molar-refractivity contribution < 1.29 is 19.4 Å². The van der Waals surface area contributed by atoms with E-state index in [0.29, 0.717) is 24.7 Å². The van der Waals surface area contributed by atoms with Crippen molar-refractivity contribution >= 4 is 29.2 Å². The summed E-state index contributed by atoms with van der Waals surface area (Å²) >= 11 is 12.5. The van der Waals surface area contributed by atoms with Crippen molar-refractivity contribution in [2.75, 3.05) is 0 Å². The molecular weight excluding hydrogens is 659 g/mol. The van der Waals surface area contributed by atoms with Gasteiger partial charge in [-0.05, 0) is 84.1 Å². The molecule has 5 aliphatic rings. The summed E-state index contributed by atoms with van der Waals surface area (Å²) in [6.45, 7) is 0.906. The maximum atomic E-state index is 13.2. The molecule has 3 aromatic carbocycles. The summed E-state index contributed by atoms with van der Waals surface area (Å²) in [5.41, 5.74) is 5.91. The van der Waals surface area contributed by atoms with Gasteiger partial charge in [0.1, 0.15) is 5.15 Å². The number of ether oxygens (including phenoxy) is 2. The van der Waals surface area contributed by atoms with E-state index >= 15 is 0 Å². The number of nitrogens with one attached hydrogen (secondary N) is 2. The second-order valence-electron chi connectivity index (χ2n) is 14.6. The minimum atomic E-state index is -0.613. The van der Waals surface area contributed by atoms with E-state index in [0.717, 1.165) is 70.4 Å². The molecule has 1 aliphatic heterocycles. The molecule has 10 heteroatoms. The summed E-state index contributed by atoms with van der Waals surface area (Å²) in [5.74, 6) is 2.34. The lowest BCUT2D eigenvalue weighted by atomic mass is 9.53. The van der Waals surface area contributed by atoms with Gasteiger partial charge in [0.2, 0.25) is 0 Å². The van der Waals surface area contributed by atoms with E-state index in [9.17, 15) is 9.90 Å². The number of nitrogens with zero attached hydrogens (tertiary/aromatic N) is 2. The van der Waals surface area contributed by atoms with Crippen LogP contribution in [-0.4, -0.2) is 32.3 Å². The minimum Gasteiger partial charge on any atom is -0.392 e. The van der Waals surface area contributed by atoms with Crippen molar-refractivity contribution in [2.45, 2.75) is 88.7 Å². The Morgan fingerprint density at radius 2 is 1.55 bits per heavy atom. The van der Waals surface area contributed by atoms with E-state index in [-0.39, 0.29) is 35.5 Å². The Morgan fingerprint density at radius 1 is 0.878 bits per heavy atom. The molecule has 4 bridgehead atoms. The van der Waals surface area contributed by atoms with Gasteiger partial charge in [-0.15, -0.1) is 0 Å². The minimum absolute atomic E-state index is 0.0133. The van der Waals surface area contributed by atoms with Crippen molar-refractivity contribution in [3.8, 4) is 11.1 Å². The second kappa shape index (κ2) is 13.7. The quantitative estimate of drug-likeness (QED) is 0.163. The zero-order valence-electron chi connectivity index (χ0n) is 27.4. The molecule has 3 unspecified atom stereocenters. The predicted octanol–water partition coefficient (Wildman–Crippen LogP) is 8.36. The van der Waals surface area contributed by atoms with E-state index < -0.39 is 6.29 Å². The zero-order valence-corrected chi connectivity index (χ0v) is 28.9. The smallest absolute Gasteiger partial charge is 0.315 e. The van der Waals surface area contributed by atoms with Crippen LogP contribution in [-0.2, 0) is 29.2 Å². The second-order valence-corrected chi connectivity index (χ2v) is 15.3. The first-order chi connectivity index (χ1) is 23.8. The third kappa shape index (κ3) is 6.99. The summed E-state index contributed by atoms with van der Waals surface area (Å²) in [6, 6.07) is 24.2. The van der Waals surface area contributed by atoms with Gasteiger partial charge in [0.15, 0.2) is 11.4 Å². The van der Waals surface area contributed by atoms with Gasteiger partial charge in [-0.3, -0.25) is 0 Å². The molecule has 8 nitrogen and oxygen atoms in total. The number of hydrogen-bond donors (Lipinski definition) is 3. The van der Waals surface area contributed by atoms with Crippen LogP contribution in [0, 0.1) is 17.8 Å². The maximum absolute atomic E-state index is 13.2. The number of halogens is 2. The van der Waals surface area contributed by atoms with Crippen LogP contribution in [0.25, 0.3) is 11.1 Å². The van der Waals surface area contributed by atoms with E-state index in [4.69, 9.17) is 32.7 Å². The van der Waals surface area contributed by atoms with E-state index in [1.54, 1.807) is 10.9 Å². The number of imidazole rings is 1. The van der Waals surface area contributed by atoms with Crippen LogP contribution in [0.15, 0.2) is 79.1 Å². The molecule has 0 radical (unpaired) electrons. The SMILES string of the molecule is O=C(NCc1ccccc1-c1ccc(C2OC(Cn3cnc(Cl)c3Cl)CC(c3ccc(CO)cc3)O2)cc1)NC12CC3CC(CC(C3)C1)C2. The third-order valence-corrected chi connectivity index (χ3v) is 11.9. The third-order valence-electron chi connectivity index (χ3n) is 11.1. The topological polar surface area (TPSA) is 97.6 Å². The largest absolute Gasteiger partial charge is 0.392 e. The Bertz CT molecular complexity index is 1760. The van der Waals surface area contributed by atoms with Gasteiger partial charge in [0, 0.05) is 24.1 Å². The molecule has 4 saturated carbocycles. The van der Waals surface area contributed by atoms with Crippen molar-refractivity contribution in [1.82, 2.24) is 20.2 Å². The number of hydrogen-bond acceptors (Lipinski definition) is 5. The fourth-order valence-electron chi connectivity index (χ4n) is 9.22. The van der Waals surface area contributed by atoms with E-state index in [2.05, 4.69) is 39.9 Å². The van der Waals surface area contributed by atoms with Crippen LogP contribution in [0.3, 0.4) is 0 Å². The lowest BCUT2D eigenvalue weighted by Gasteiger charge is -2.56. The number of carbonyl (C=O) groups is 1. The van der Waals surface area contributed by atoms with Crippen LogP contribution in [0.5, 0.6) is 0 Å². The first kappa shape index (κ1) is 32.8. The fourth-order valence-corrected chi connectivity index (χ4v) is 9.54. The Morgan fingerprint density at radius 3 is 2.20 bits per heavy atom. The molecule has 0 spiro atoms. The number of amides is 2. The number of aliphatic hydroxyl groups excluding tert-OH is 1. The van der Waals surface area contributed by atoms with Gasteiger partial charge in [-0.25, -0.2) is 9.78 Å². The summed E-state index contributed by atoms with van der Waals surface area (Å²) in [4.78, 5) is 17.3. The molecule has 5 fully saturated rings. The highest BCUT2D eigenvalue weighted by molar-refractivity contribution is 6.40. The molecule has 2 amide bonds. The van der Waals surface area contributed by atoms with E-state index in [1.165, 1.54) is 19.3 Å². The molecule has 256 valence electrons. The van der Waals surface area contributed by atoms with Crippen molar-refractivity contribution in [1.29, 1.82) is 0 Å². The summed E-state index contributed by atoms with van der Waals surface area (Å²) in [7, 11) is 0. The maximum Gasteiger partial charge on any atom is 0.315 e. The van der Waals surface area contributed by atoms with Crippen LogP contribution in [0.1, 0.15) is 79.6 Å². The zero-order chi connectivity index (χ0) is 33.5. The molecule has 1 saturated heterocycles. The highest BCUT2D eigenvalue weighted by atomic mass is 35.5. The lowest BCUT2D eigenvalue weighted by molar-refractivity contribution is -0.252. The van der Waals surface area contributed by atoms with Gasteiger partial charge < -0.3 is 29.8 Å². The van der Waals surface area contributed by atoms with Crippen molar-refractivity contribution in [3.63, 3.8) is 0 Å². The highest BCUT2D eigenvalue weighted by Crippen LogP contribution is 2.55. The van der Waals surface area contributed by atoms with Gasteiger partial charge in [-0.1, -0.05) is 96.0 Å². The Kier molecular flexibility index (Phi) is 9.18. The number of aromatic nitrogens is 2. The molecule has 49 heavy (non-hydrogen) atoms. The molecule has 2 heterocycles. The molecule has 1 aromatic heterocycles. The van der Waals surface area contributed by atoms with E-state index in [1.807, 2.05) is 48.5 Å². The Hall–Kier alpha value is -3.40. The monoisotopic (exact) mass is 700 g/mol. The summed E-state index contributed by atoms with van der Waals surface area (Å²) in [5, 5.41) is 16.8. The number of aliphatic hydroxyl groups is 1. The van der Waals surface area contributed by atoms with Crippen LogP contribution in [0.4, 0.5) is 4.79 Å². The summed E-state index contributed by atoms with van der Waals surface area (Å²) in [6.07, 6.45) is 8.61. The Balaban J connectivity index is 0.964. The molecule has 3 N–H and O–H groups in total. The number of rotatable bonds is 9. The number of carbonyl (C=O) groups excluding carboxylic acids is 1. The predicted molar refractivity (Wildman–Crippen MR) is 189 cm³/mol. The van der Waals surface area contributed by atoms with Crippen molar-refractivity contribution in [3.05, 3.63) is 112 Å². The highest BCUT2D eigenvalue weighted by Gasteiger charge is 2.51. The number of benzene rings is 3. The molecule has 9 rings (SSSR count). The first-order valence-corrected chi connectivity index (χ1v) is 18.2. The van der Waals surface area contributed by atoms with Crippen LogP contribution < -0.4 is 10.6 Å². The standard InChI is InChI=1S/C39H42Cl2N4O4/c40-35-36(41)45(23-43-35)21-32-16-34(29-7-5-24(22-46)6-8-29)49-37(48-32)30-11-9-28(10-12-30)33-4-2-1-3-31(33)20-42-38(47)44-39-17-25-13-26(18-39)15-27(14-25)19-39/h1-12,23,25-27,32,34,37,46H,13-22H2,(H2,42,44,47). The normalized spacial score (nSPS) is 28.8. The lowest BCUT2D eigenvalue weighted by Crippen LogP contribution is -2.61. The van der Waals surface area contributed by atoms with Gasteiger partial charge in [-0.2, -0.15) is 0 Å². The average molecular weight is 702 g/mol. The average Bonchev–Trinajstić information content (AvgIpc) is 3.42. The van der Waals surface area contributed by atoms with Gasteiger partial charge >= 0.3 is 6.03 Å².